The molecule has 2 aliphatic rings. The van der Waals surface area contributed by atoms with E-state index >= 15 is 0 Å². The molecule has 2 nitrogen and oxygen atoms in total. The summed E-state index contributed by atoms with van der Waals surface area (Å²) in [5, 5.41) is 0. The van der Waals surface area contributed by atoms with Gasteiger partial charge in [0, 0.05) is 36.5 Å². The molecule has 0 radical (unpaired) electrons. The van der Waals surface area contributed by atoms with Gasteiger partial charge in [-0.15, -0.1) is 0 Å². The van der Waals surface area contributed by atoms with Crippen molar-refractivity contribution in [1.29, 1.82) is 0 Å². The molecule has 0 aliphatic heterocycles. The number of methoxy groups -OCH3 is 1. The van der Waals surface area contributed by atoms with Crippen molar-refractivity contribution in [2.24, 2.45) is 11.8 Å². The summed E-state index contributed by atoms with van der Waals surface area (Å²) in [4.78, 5) is 12.1. The number of ether oxygens (including phenoxy) is 1. The molecule has 0 amide bonds. The molecule has 36 heavy (non-hydrogen) atoms. The van der Waals surface area contributed by atoms with Crippen molar-refractivity contribution in [1.82, 2.24) is 0 Å². The lowest BCUT2D eigenvalue weighted by molar-refractivity contribution is 0.0690. The number of halogens is 4. The lowest BCUT2D eigenvalue weighted by atomic mass is 9.97. The van der Waals surface area contributed by atoms with Crippen molar-refractivity contribution in [2.45, 2.75) is 93.6 Å². The van der Waals surface area contributed by atoms with Crippen LogP contribution in [0.3, 0.4) is 0 Å². The summed E-state index contributed by atoms with van der Waals surface area (Å²) in [7, 11) is 1.80. The van der Waals surface area contributed by atoms with E-state index in [9.17, 15) is 4.79 Å². The Bertz CT molecular complexity index is 1080. The van der Waals surface area contributed by atoms with Gasteiger partial charge in [-0.2, -0.15) is 0 Å². The van der Waals surface area contributed by atoms with Crippen LogP contribution in [0.1, 0.15) is 119 Å². The molecule has 0 aromatic heterocycles. The molecule has 0 bridgehead atoms. The molecule has 0 saturated heterocycles. The Labute approximate surface area is 253 Å². The van der Waals surface area contributed by atoms with Crippen molar-refractivity contribution in [3.63, 3.8) is 0 Å². The predicted octanol–water partition coefficient (Wildman–Crippen LogP) is 11.6. The van der Waals surface area contributed by atoms with Crippen LogP contribution >= 0.6 is 63.7 Å². The first kappa shape index (κ1) is 34.0. The van der Waals surface area contributed by atoms with E-state index in [2.05, 4.69) is 110 Å². The number of ketones is 1. The summed E-state index contributed by atoms with van der Waals surface area (Å²) in [5.41, 5.74) is 7.36. The van der Waals surface area contributed by atoms with Gasteiger partial charge in [0.25, 0.3) is 0 Å². The minimum atomic E-state index is 0. The summed E-state index contributed by atoms with van der Waals surface area (Å²) < 4.78 is 10.2. The van der Waals surface area contributed by atoms with Gasteiger partial charge in [0.2, 0.25) is 0 Å². The molecule has 6 heteroatoms. The van der Waals surface area contributed by atoms with Gasteiger partial charge in [-0.1, -0.05) is 111 Å². The van der Waals surface area contributed by atoms with Crippen LogP contribution in [0.2, 0.25) is 0 Å². The molecule has 202 valence electrons. The van der Waals surface area contributed by atoms with Crippen LogP contribution in [0.25, 0.3) is 0 Å². The average molecular weight is 754 g/mol. The molecule has 2 aliphatic carbocycles. The van der Waals surface area contributed by atoms with E-state index in [1.807, 2.05) is 20.8 Å². The van der Waals surface area contributed by atoms with Crippen molar-refractivity contribution in [2.75, 3.05) is 7.11 Å². The van der Waals surface area contributed by atoms with Crippen LogP contribution in [-0.4, -0.2) is 12.9 Å². The fourth-order valence-electron chi connectivity index (χ4n) is 4.90. The summed E-state index contributed by atoms with van der Waals surface area (Å²) in [5.74, 6) is 1.86. The molecule has 3 unspecified atom stereocenters. The Hall–Kier alpha value is -0.0100. The largest absolute Gasteiger partial charge is 0.376 e. The third-order valence-corrected chi connectivity index (χ3v) is 9.91. The number of carbonyl (C=O) groups is 1. The topological polar surface area (TPSA) is 26.3 Å². The Morgan fingerprint density at radius 1 is 0.833 bits per heavy atom. The van der Waals surface area contributed by atoms with E-state index in [1.54, 1.807) is 7.11 Å². The third kappa shape index (κ3) is 6.76. The molecule has 0 heterocycles. The molecule has 0 N–H and O–H groups in total. The number of hydrogen-bond acceptors (Lipinski definition) is 2. The van der Waals surface area contributed by atoms with Gasteiger partial charge in [-0.3, -0.25) is 4.79 Å². The molecular formula is C30H42Br4O2. The average Bonchev–Trinajstić information content (AvgIpc) is 3.31. The molecule has 0 fully saturated rings. The zero-order valence-electron chi connectivity index (χ0n) is 22.3. The maximum absolute atomic E-state index is 12.1. The fourth-order valence-corrected chi connectivity index (χ4v) is 8.17. The summed E-state index contributed by atoms with van der Waals surface area (Å²) in [6.07, 6.45) is 2.16. The Kier molecular flexibility index (Phi) is 13.6. The van der Waals surface area contributed by atoms with E-state index < -0.39 is 0 Å². The quantitative estimate of drug-likeness (QED) is 0.312. The standard InChI is InChI=1S/C14H18Br2O.C13H14Br2O.C2H6.CH4/c1-7(2)9-6-11(15)10-5-8(3)14(17-4)12(10)13(9)16;1-6(2)8-5-10(14)9-4-7(3)13(16)11(9)12(8)15;1-2;/h6-8,14H,5H2,1-4H3;5-7H,4H2,1-3H3;1-2H3;1H4. The number of Topliss-reactive ketones (excluding diaryl/α,β-unsaturated/α-hetero) is 1. The number of carbonyl (C=O) groups excluding carboxylic acids is 1. The zero-order chi connectivity index (χ0) is 26.8. The number of benzene rings is 2. The second kappa shape index (κ2) is 14.4. The summed E-state index contributed by atoms with van der Waals surface area (Å²) in [6.45, 7) is 17.0. The van der Waals surface area contributed by atoms with Gasteiger partial charge >= 0.3 is 0 Å². The highest BCUT2D eigenvalue weighted by Crippen LogP contribution is 2.47. The van der Waals surface area contributed by atoms with Gasteiger partial charge in [0.1, 0.15) is 0 Å². The third-order valence-electron chi connectivity index (χ3n) is 6.76. The number of fused-ring (bicyclic) bond motifs is 2. The highest BCUT2D eigenvalue weighted by molar-refractivity contribution is 9.11. The maximum atomic E-state index is 12.1. The highest BCUT2D eigenvalue weighted by Gasteiger charge is 2.34. The predicted molar refractivity (Wildman–Crippen MR) is 170 cm³/mol. The molecular weight excluding hydrogens is 712 g/mol. The smallest absolute Gasteiger partial charge is 0.167 e. The Morgan fingerprint density at radius 3 is 1.78 bits per heavy atom. The van der Waals surface area contributed by atoms with Crippen LogP contribution in [-0.2, 0) is 17.6 Å². The van der Waals surface area contributed by atoms with E-state index in [0.717, 1.165) is 32.9 Å². The minimum absolute atomic E-state index is 0. The van der Waals surface area contributed by atoms with E-state index in [-0.39, 0.29) is 25.2 Å². The Balaban J connectivity index is 0.000000329. The van der Waals surface area contributed by atoms with Crippen LogP contribution in [0.15, 0.2) is 30.0 Å². The SMILES string of the molecule is C.CC.CC1Cc2c(Br)cc(C(C)C)c(Br)c2C1=O.COC1c2c(Br)c(C(C)C)cc(Br)c2CC1C. The Morgan fingerprint density at radius 2 is 1.31 bits per heavy atom. The minimum Gasteiger partial charge on any atom is -0.376 e. The van der Waals surface area contributed by atoms with Crippen molar-refractivity contribution >= 4 is 69.5 Å². The lowest BCUT2D eigenvalue weighted by Gasteiger charge is -2.19. The van der Waals surface area contributed by atoms with Crippen LogP contribution in [0.4, 0.5) is 0 Å². The molecule has 4 rings (SSSR count). The molecule has 3 atom stereocenters. The first-order chi connectivity index (χ1) is 16.4. The first-order valence-electron chi connectivity index (χ1n) is 12.5. The fraction of sp³-hybridized carbons (Fsp3) is 0.567. The normalized spacial score (nSPS) is 19.8. The lowest BCUT2D eigenvalue weighted by Crippen LogP contribution is -2.06. The molecule has 2 aromatic carbocycles. The monoisotopic (exact) mass is 750 g/mol. The van der Waals surface area contributed by atoms with E-state index in [0.29, 0.717) is 17.8 Å². The second-order valence-electron chi connectivity index (χ2n) is 9.89. The summed E-state index contributed by atoms with van der Waals surface area (Å²) >= 11 is 14.7. The van der Waals surface area contributed by atoms with Crippen LogP contribution in [0.5, 0.6) is 0 Å². The zero-order valence-corrected chi connectivity index (χ0v) is 28.6. The van der Waals surface area contributed by atoms with Gasteiger partial charge in [-0.05, 0) is 86.5 Å². The van der Waals surface area contributed by atoms with Gasteiger partial charge < -0.3 is 4.74 Å². The van der Waals surface area contributed by atoms with Crippen molar-refractivity contribution < 1.29 is 9.53 Å². The van der Waals surface area contributed by atoms with Gasteiger partial charge in [0.05, 0.1) is 6.10 Å². The summed E-state index contributed by atoms with van der Waals surface area (Å²) in [6, 6.07) is 4.39. The maximum Gasteiger partial charge on any atom is 0.167 e. The first-order valence-corrected chi connectivity index (χ1v) is 15.7. The number of hydrogen-bond donors (Lipinski definition) is 0. The highest BCUT2D eigenvalue weighted by atomic mass is 79.9. The molecule has 0 saturated carbocycles. The van der Waals surface area contributed by atoms with Crippen LogP contribution in [0, 0.1) is 11.8 Å². The second-order valence-corrected chi connectivity index (χ2v) is 13.2. The van der Waals surface area contributed by atoms with Gasteiger partial charge in [-0.25, -0.2) is 0 Å². The number of rotatable bonds is 3. The van der Waals surface area contributed by atoms with E-state index in [1.165, 1.54) is 31.2 Å². The molecule has 2 aromatic rings. The van der Waals surface area contributed by atoms with Crippen molar-refractivity contribution in [3.05, 3.63) is 63.4 Å². The van der Waals surface area contributed by atoms with E-state index in [4.69, 9.17) is 4.74 Å². The van der Waals surface area contributed by atoms with Gasteiger partial charge in [0.15, 0.2) is 5.78 Å². The van der Waals surface area contributed by atoms with Crippen molar-refractivity contribution in [3.8, 4) is 0 Å². The van der Waals surface area contributed by atoms with Crippen LogP contribution < -0.4 is 0 Å². The molecule has 0 spiro atoms.